The second-order valence-electron chi connectivity index (χ2n) is 8.34. The van der Waals surface area contributed by atoms with Gasteiger partial charge < -0.3 is 15.0 Å². The molecule has 2 amide bonds. The molecule has 0 spiro atoms. The smallest absolute Gasteiger partial charge is 0.244 e. The summed E-state index contributed by atoms with van der Waals surface area (Å²) in [7, 11) is -3.76. The molecule has 0 aliphatic heterocycles. The van der Waals surface area contributed by atoms with Crippen LogP contribution < -0.4 is 14.4 Å². The lowest BCUT2D eigenvalue weighted by Gasteiger charge is -2.31. The lowest BCUT2D eigenvalue weighted by atomic mass is 10.1. The summed E-state index contributed by atoms with van der Waals surface area (Å²) >= 11 is 0. The van der Waals surface area contributed by atoms with Crippen LogP contribution in [0.4, 0.5) is 5.69 Å². The molecule has 2 aromatic carbocycles. The molecule has 35 heavy (non-hydrogen) atoms. The minimum absolute atomic E-state index is 0.258. The summed E-state index contributed by atoms with van der Waals surface area (Å²) in [6.45, 7) is 6.46. The van der Waals surface area contributed by atoms with Gasteiger partial charge in [0.15, 0.2) is 0 Å². The van der Waals surface area contributed by atoms with Crippen LogP contribution in [-0.2, 0) is 26.0 Å². The van der Waals surface area contributed by atoms with Crippen molar-refractivity contribution in [1.29, 1.82) is 0 Å². The van der Waals surface area contributed by atoms with E-state index >= 15 is 0 Å². The third-order valence-electron chi connectivity index (χ3n) is 5.60. The number of sulfonamides is 1. The molecular formula is C26H37N3O5S. The predicted molar refractivity (Wildman–Crippen MR) is 139 cm³/mol. The summed E-state index contributed by atoms with van der Waals surface area (Å²) in [5.74, 6) is -0.0943. The number of carbonyl (C=O) groups is 2. The molecular weight excluding hydrogens is 466 g/mol. The van der Waals surface area contributed by atoms with E-state index in [1.807, 2.05) is 44.2 Å². The maximum absolute atomic E-state index is 13.5. The maximum atomic E-state index is 13.5. The monoisotopic (exact) mass is 503 g/mol. The number of hydrogen-bond donors (Lipinski definition) is 1. The second-order valence-corrected chi connectivity index (χ2v) is 10.2. The number of carbonyl (C=O) groups excluding carboxylic acids is 2. The van der Waals surface area contributed by atoms with Gasteiger partial charge in [-0.1, -0.05) is 43.7 Å². The van der Waals surface area contributed by atoms with Crippen LogP contribution in [0.3, 0.4) is 0 Å². The van der Waals surface area contributed by atoms with Gasteiger partial charge in [0.05, 0.1) is 18.6 Å². The maximum Gasteiger partial charge on any atom is 0.244 e. The van der Waals surface area contributed by atoms with Crippen molar-refractivity contribution in [1.82, 2.24) is 10.2 Å². The highest BCUT2D eigenvalue weighted by Crippen LogP contribution is 2.22. The van der Waals surface area contributed by atoms with Gasteiger partial charge in [-0.2, -0.15) is 0 Å². The van der Waals surface area contributed by atoms with Gasteiger partial charge in [0.1, 0.15) is 18.3 Å². The zero-order valence-electron chi connectivity index (χ0n) is 21.1. The molecule has 0 aliphatic rings. The molecule has 8 nitrogen and oxygen atoms in total. The van der Waals surface area contributed by atoms with Crippen LogP contribution >= 0.6 is 0 Å². The topological polar surface area (TPSA) is 96.0 Å². The first-order valence-electron chi connectivity index (χ1n) is 12.0. The average molecular weight is 504 g/mol. The quantitative estimate of drug-likeness (QED) is 0.400. The standard InChI is InChI=1S/C26H37N3O5S/c1-5-7-18-27-26(31)21(3)28(19-17-22-11-9-8-10-12-22)25(30)20-29(35(4,32)33)23-13-15-24(16-14-23)34-6-2/h8-16,21H,5-7,17-20H2,1-4H3,(H,27,31). The van der Waals surface area contributed by atoms with Crippen molar-refractivity contribution in [2.45, 2.75) is 46.1 Å². The number of rotatable bonds is 14. The summed E-state index contributed by atoms with van der Waals surface area (Å²) < 4.78 is 31.7. The molecule has 1 atom stereocenters. The Kier molecular flexibility index (Phi) is 11.0. The highest BCUT2D eigenvalue weighted by molar-refractivity contribution is 7.92. The van der Waals surface area contributed by atoms with E-state index in [4.69, 9.17) is 4.74 Å². The third kappa shape index (κ3) is 8.90. The fourth-order valence-corrected chi connectivity index (χ4v) is 4.44. The summed E-state index contributed by atoms with van der Waals surface area (Å²) in [6, 6.07) is 15.5. The fourth-order valence-electron chi connectivity index (χ4n) is 3.60. The van der Waals surface area contributed by atoms with Crippen LogP contribution in [-0.4, -0.2) is 63.7 Å². The average Bonchev–Trinajstić information content (AvgIpc) is 2.83. The first-order valence-corrected chi connectivity index (χ1v) is 13.8. The Morgan fingerprint density at radius 3 is 2.26 bits per heavy atom. The molecule has 0 fully saturated rings. The normalized spacial score (nSPS) is 12.0. The van der Waals surface area contributed by atoms with Crippen LogP contribution in [0, 0.1) is 0 Å². The number of benzene rings is 2. The molecule has 1 unspecified atom stereocenters. The molecule has 0 bridgehead atoms. The van der Waals surface area contributed by atoms with E-state index in [1.165, 1.54) is 4.90 Å². The van der Waals surface area contributed by atoms with Gasteiger partial charge in [0, 0.05) is 13.1 Å². The molecule has 0 aromatic heterocycles. The minimum Gasteiger partial charge on any atom is -0.494 e. The largest absolute Gasteiger partial charge is 0.494 e. The van der Waals surface area contributed by atoms with Crippen molar-refractivity contribution in [3.8, 4) is 5.75 Å². The van der Waals surface area contributed by atoms with Gasteiger partial charge in [-0.3, -0.25) is 13.9 Å². The third-order valence-corrected chi connectivity index (χ3v) is 6.74. The van der Waals surface area contributed by atoms with Gasteiger partial charge >= 0.3 is 0 Å². The lowest BCUT2D eigenvalue weighted by molar-refractivity contribution is -0.138. The Balaban J connectivity index is 2.26. The Morgan fingerprint density at radius 1 is 1.03 bits per heavy atom. The van der Waals surface area contributed by atoms with Crippen LogP contribution in [0.2, 0.25) is 0 Å². The zero-order valence-corrected chi connectivity index (χ0v) is 21.9. The van der Waals surface area contributed by atoms with E-state index < -0.39 is 28.5 Å². The van der Waals surface area contributed by atoms with Crippen molar-refractivity contribution in [2.75, 3.05) is 36.8 Å². The van der Waals surface area contributed by atoms with Crippen LogP contribution in [0.15, 0.2) is 54.6 Å². The predicted octanol–water partition coefficient (Wildman–Crippen LogP) is 3.23. The van der Waals surface area contributed by atoms with Gasteiger partial charge in [-0.15, -0.1) is 0 Å². The number of hydrogen-bond acceptors (Lipinski definition) is 5. The molecule has 0 saturated carbocycles. The number of nitrogens with one attached hydrogen (secondary N) is 1. The van der Waals surface area contributed by atoms with Gasteiger partial charge in [-0.25, -0.2) is 8.42 Å². The molecule has 0 radical (unpaired) electrons. The molecule has 0 heterocycles. The molecule has 192 valence electrons. The zero-order chi connectivity index (χ0) is 25.8. The van der Waals surface area contributed by atoms with Crippen LogP contribution in [0.5, 0.6) is 5.75 Å². The van der Waals surface area contributed by atoms with Crippen molar-refractivity contribution >= 4 is 27.5 Å². The first-order chi connectivity index (χ1) is 16.7. The SMILES string of the molecule is CCCCNC(=O)C(C)N(CCc1ccccc1)C(=O)CN(c1ccc(OCC)cc1)S(C)(=O)=O. The van der Waals surface area contributed by atoms with Crippen molar-refractivity contribution in [3.63, 3.8) is 0 Å². The number of amides is 2. The Labute approximate surface area is 209 Å². The number of anilines is 1. The Bertz CT molecular complexity index is 1040. The molecule has 9 heteroatoms. The van der Waals surface area contributed by atoms with Gasteiger partial charge in [-0.05, 0) is 56.5 Å². The first kappa shape index (κ1) is 28.2. The van der Waals surface area contributed by atoms with Crippen molar-refractivity contribution in [3.05, 3.63) is 60.2 Å². The minimum atomic E-state index is -3.76. The summed E-state index contributed by atoms with van der Waals surface area (Å²) in [6.07, 6.45) is 3.39. The molecule has 2 aromatic rings. The molecule has 0 aliphatic carbocycles. The van der Waals surface area contributed by atoms with E-state index in [0.29, 0.717) is 31.0 Å². The highest BCUT2D eigenvalue weighted by atomic mass is 32.2. The second kappa shape index (κ2) is 13.7. The van der Waals surface area contributed by atoms with E-state index in [2.05, 4.69) is 5.32 Å². The van der Waals surface area contributed by atoms with Crippen LogP contribution in [0.25, 0.3) is 0 Å². The molecule has 2 rings (SSSR count). The number of unbranched alkanes of at least 4 members (excludes halogenated alkanes) is 1. The van der Waals surface area contributed by atoms with E-state index in [9.17, 15) is 18.0 Å². The van der Waals surface area contributed by atoms with Crippen molar-refractivity contribution < 1.29 is 22.7 Å². The Morgan fingerprint density at radius 2 is 1.69 bits per heavy atom. The summed E-state index contributed by atoms with van der Waals surface area (Å²) in [5, 5.41) is 2.87. The van der Waals surface area contributed by atoms with Crippen molar-refractivity contribution in [2.24, 2.45) is 0 Å². The number of ether oxygens (including phenoxy) is 1. The molecule has 1 N–H and O–H groups in total. The fraction of sp³-hybridized carbons (Fsp3) is 0.462. The summed E-state index contributed by atoms with van der Waals surface area (Å²) in [4.78, 5) is 27.7. The Hall–Kier alpha value is -3.07. The highest BCUT2D eigenvalue weighted by Gasteiger charge is 2.29. The van der Waals surface area contributed by atoms with E-state index in [-0.39, 0.29) is 12.5 Å². The lowest BCUT2D eigenvalue weighted by Crippen LogP contribution is -2.52. The number of nitrogens with zero attached hydrogens (tertiary/aromatic N) is 2. The van der Waals surface area contributed by atoms with E-state index in [1.54, 1.807) is 31.2 Å². The molecule has 0 saturated heterocycles. The van der Waals surface area contributed by atoms with Gasteiger partial charge in [0.2, 0.25) is 21.8 Å². The summed E-state index contributed by atoms with van der Waals surface area (Å²) in [5.41, 5.74) is 1.38. The van der Waals surface area contributed by atoms with E-state index in [0.717, 1.165) is 29.0 Å². The van der Waals surface area contributed by atoms with Gasteiger partial charge in [0.25, 0.3) is 0 Å². The van der Waals surface area contributed by atoms with Crippen LogP contribution in [0.1, 0.15) is 39.2 Å².